The summed E-state index contributed by atoms with van der Waals surface area (Å²) in [7, 11) is 2.25. The van der Waals surface area contributed by atoms with Gasteiger partial charge >= 0.3 is 0 Å². The SMILES string of the molecule is CC1CCC(C)C(C)(C)N1C. The first-order chi connectivity index (χ1) is 4.96. The molecule has 0 aromatic rings. The van der Waals surface area contributed by atoms with Crippen LogP contribution in [0.25, 0.3) is 0 Å². The third-order valence-electron chi connectivity index (χ3n) is 3.79. The highest BCUT2D eigenvalue weighted by Crippen LogP contribution is 2.34. The third kappa shape index (κ3) is 1.44. The normalized spacial score (nSPS) is 39.0. The molecule has 1 aliphatic heterocycles. The molecule has 2 atom stereocenters. The van der Waals surface area contributed by atoms with E-state index < -0.39 is 0 Å². The zero-order valence-electron chi connectivity index (χ0n) is 8.52. The molecule has 0 bridgehead atoms. The van der Waals surface area contributed by atoms with E-state index in [9.17, 15) is 0 Å². The molecule has 0 aromatic carbocycles. The Morgan fingerprint density at radius 1 is 1.18 bits per heavy atom. The Hall–Kier alpha value is -0.0400. The van der Waals surface area contributed by atoms with Crippen molar-refractivity contribution in [3.8, 4) is 0 Å². The zero-order chi connectivity index (χ0) is 8.65. The molecule has 0 spiro atoms. The molecule has 1 fully saturated rings. The van der Waals surface area contributed by atoms with Crippen LogP contribution >= 0.6 is 0 Å². The van der Waals surface area contributed by atoms with Gasteiger partial charge in [-0.3, -0.25) is 4.90 Å². The van der Waals surface area contributed by atoms with Crippen LogP contribution in [-0.4, -0.2) is 23.5 Å². The maximum absolute atomic E-state index is 2.52. The van der Waals surface area contributed by atoms with Crippen LogP contribution in [0.2, 0.25) is 0 Å². The number of piperidine rings is 1. The minimum Gasteiger partial charge on any atom is -0.298 e. The third-order valence-corrected chi connectivity index (χ3v) is 3.79. The second-order valence-corrected chi connectivity index (χ2v) is 4.59. The Kier molecular flexibility index (Phi) is 2.29. The predicted octanol–water partition coefficient (Wildman–Crippen LogP) is 2.52. The van der Waals surface area contributed by atoms with Gasteiger partial charge in [-0.25, -0.2) is 0 Å². The summed E-state index contributed by atoms with van der Waals surface area (Å²) in [5.41, 5.74) is 0.400. The maximum atomic E-state index is 2.52. The van der Waals surface area contributed by atoms with Crippen molar-refractivity contribution in [3.05, 3.63) is 0 Å². The minimum absolute atomic E-state index is 0.400. The fourth-order valence-corrected chi connectivity index (χ4v) is 1.95. The molecule has 66 valence electrons. The summed E-state index contributed by atoms with van der Waals surface area (Å²) in [4.78, 5) is 2.52. The molecule has 0 N–H and O–H groups in total. The van der Waals surface area contributed by atoms with Gasteiger partial charge in [0.15, 0.2) is 0 Å². The largest absolute Gasteiger partial charge is 0.298 e. The summed E-state index contributed by atoms with van der Waals surface area (Å²) in [6.45, 7) is 9.40. The molecule has 1 heteroatoms. The first-order valence-corrected chi connectivity index (χ1v) is 4.69. The lowest BCUT2D eigenvalue weighted by atomic mass is 9.78. The highest BCUT2D eigenvalue weighted by atomic mass is 15.2. The molecule has 0 amide bonds. The van der Waals surface area contributed by atoms with Gasteiger partial charge in [-0.15, -0.1) is 0 Å². The molecule has 0 aliphatic carbocycles. The Balaban J connectivity index is 2.72. The molecule has 0 radical (unpaired) electrons. The standard InChI is InChI=1S/C10H21N/c1-8-6-7-9(2)11(5)10(8,3)4/h8-9H,6-7H2,1-5H3. The number of nitrogens with zero attached hydrogens (tertiary/aromatic N) is 1. The van der Waals surface area contributed by atoms with E-state index in [1.807, 2.05) is 0 Å². The van der Waals surface area contributed by atoms with E-state index in [0.29, 0.717) is 5.54 Å². The summed E-state index contributed by atoms with van der Waals surface area (Å²) in [5.74, 6) is 0.837. The molecule has 0 saturated carbocycles. The molecule has 1 rings (SSSR count). The van der Waals surface area contributed by atoms with E-state index in [4.69, 9.17) is 0 Å². The van der Waals surface area contributed by atoms with Crippen LogP contribution < -0.4 is 0 Å². The van der Waals surface area contributed by atoms with Crippen molar-refractivity contribution in [3.63, 3.8) is 0 Å². The van der Waals surface area contributed by atoms with Gasteiger partial charge in [0, 0.05) is 11.6 Å². The lowest BCUT2D eigenvalue weighted by molar-refractivity contribution is 0.0146. The van der Waals surface area contributed by atoms with Crippen LogP contribution in [0.3, 0.4) is 0 Å². The van der Waals surface area contributed by atoms with Gasteiger partial charge in [0.25, 0.3) is 0 Å². The lowest BCUT2D eigenvalue weighted by Crippen LogP contribution is -2.53. The van der Waals surface area contributed by atoms with Gasteiger partial charge < -0.3 is 0 Å². The highest BCUT2D eigenvalue weighted by Gasteiger charge is 2.36. The second kappa shape index (κ2) is 2.78. The van der Waals surface area contributed by atoms with E-state index in [1.54, 1.807) is 0 Å². The molecular weight excluding hydrogens is 134 g/mol. The van der Waals surface area contributed by atoms with Crippen molar-refractivity contribution < 1.29 is 0 Å². The molecule has 1 nitrogen and oxygen atoms in total. The first-order valence-electron chi connectivity index (χ1n) is 4.69. The van der Waals surface area contributed by atoms with E-state index in [0.717, 1.165) is 12.0 Å². The summed E-state index contributed by atoms with van der Waals surface area (Å²) in [5, 5.41) is 0. The topological polar surface area (TPSA) is 3.24 Å². The molecular formula is C10H21N. The first kappa shape index (κ1) is 9.05. The summed E-state index contributed by atoms with van der Waals surface area (Å²) >= 11 is 0. The molecule has 11 heavy (non-hydrogen) atoms. The van der Waals surface area contributed by atoms with Gasteiger partial charge in [-0.1, -0.05) is 6.92 Å². The van der Waals surface area contributed by atoms with Crippen LogP contribution in [0.4, 0.5) is 0 Å². The number of hydrogen-bond donors (Lipinski definition) is 0. The van der Waals surface area contributed by atoms with Crippen molar-refractivity contribution in [1.29, 1.82) is 0 Å². The summed E-state index contributed by atoms with van der Waals surface area (Å²) in [6, 6.07) is 0.765. The van der Waals surface area contributed by atoms with Crippen molar-refractivity contribution >= 4 is 0 Å². The van der Waals surface area contributed by atoms with Gasteiger partial charge in [0.2, 0.25) is 0 Å². The van der Waals surface area contributed by atoms with E-state index >= 15 is 0 Å². The van der Waals surface area contributed by atoms with Gasteiger partial charge in [-0.05, 0) is 46.6 Å². The fourth-order valence-electron chi connectivity index (χ4n) is 1.95. The Labute approximate surface area is 70.8 Å². The van der Waals surface area contributed by atoms with E-state index in [-0.39, 0.29) is 0 Å². The fraction of sp³-hybridized carbons (Fsp3) is 1.00. The maximum Gasteiger partial charge on any atom is 0.0178 e. The van der Waals surface area contributed by atoms with Gasteiger partial charge in [0.05, 0.1) is 0 Å². The number of hydrogen-bond acceptors (Lipinski definition) is 1. The average Bonchev–Trinajstić information content (AvgIpc) is 1.95. The van der Waals surface area contributed by atoms with Gasteiger partial charge in [0.1, 0.15) is 0 Å². The predicted molar refractivity (Wildman–Crippen MR) is 49.7 cm³/mol. The Bertz CT molecular complexity index is 140. The highest BCUT2D eigenvalue weighted by molar-refractivity contribution is 4.91. The summed E-state index contributed by atoms with van der Waals surface area (Å²) < 4.78 is 0. The molecule has 2 unspecified atom stereocenters. The Morgan fingerprint density at radius 3 is 2.18 bits per heavy atom. The van der Waals surface area contributed by atoms with Crippen molar-refractivity contribution in [2.45, 2.75) is 52.1 Å². The number of rotatable bonds is 0. The van der Waals surface area contributed by atoms with Crippen LogP contribution in [0.15, 0.2) is 0 Å². The molecule has 0 aromatic heterocycles. The lowest BCUT2D eigenvalue weighted by Gasteiger charge is -2.48. The average molecular weight is 155 g/mol. The monoisotopic (exact) mass is 155 g/mol. The van der Waals surface area contributed by atoms with E-state index in [1.165, 1.54) is 12.8 Å². The molecule has 1 aliphatic rings. The second-order valence-electron chi connectivity index (χ2n) is 4.59. The molecule has 1 heterocycles. The quantitative estimate of drug-likeness (QED) is 0.519. The van der Waals surface area contributed by atoms with Crippen LogP contribution in [0.5, 0.6) is 0 Å². The van der Waals surface area contributed by atoms with Crippen molar-refractivity contribution in [2.75, 3.05) is 7.05 Å². The minimum atomic E-state index is 0.400. The smallest absolute Gasteiger partial charge is 0.0178 e. The van der Waals surface area contributed by atoms with Crippen LogP contribution in [0.1, 0.15) is 40.5 Å². The van der Waals surface area contributed by atoms with Gasteiger partial charge in [-0.2, -0.15) is 0 Å². The van der Waals surface area contributed by atoms with E-state index in [2.05, 4.69) is 39.6 Å². The zero-order valence-corrected chi connectivity index (χ0v) is 8.52. The van der Waals surface area contributed by atoms with Crippen LogP contribution in [-0.2, 0) is 0 Å². The Morgan fingerprint density at radius 2 is 1.73 bits per heavy atom. The van der Waals surface area contributed by atoms with Crippen molar-refractivity contribution in [2.24, 2.45) is 5.92 Å². The number of likely N-dealkylation sites (tertiary alicyclic amines) is 1. The summed E-state index contributed by atoms with van der Waals surface area (Å²) in [6.07, 6.45) is 2.75. The van der Waals surface area contributed by atoms with Crippen LogP contribution in [0, 0.1) is 5.92 Å². The molecule has 1 saturated heterocycles. The van der Waals surface area contributed by atoms with Crippen molar-refractivity contribution in [1.82, 2.24) is 4.90 Å².